The van der Waals surface area contributed by atoms with Crippen molar-refractivity contribution in [3.63, 3.8) is 0 Å². The number of amides is 2. The molecule has 1 aliphatic heterocycles. The third kappa shape index (κ3) is 5.02. The lowest BCUT2D eigenvalue weighted by Crippen LogP contribution is -2.39. The summed E-state index contributed by atoms with van der Waals surface area (Å²) >= 11 is 6.18. The van der Waals surface area contributed by atoms with Gasteiger partial charge in [0, 0.05) is 31.6 Å². The number of benzene rings is 2. The normalized spacial score (nSPS) is 14.1. The van der Waals surface area contributed by atoms with E-state index < -0.39 is 0 Å². The number of para-hydroxylation sites is 1. The van der Waals surface area contributed by atoms with E-state index in [0.29, 0.717) is 48.1 Å². The second-order valence-electron chi connectivity index (χ2n) is 8.31. The van der Waals surface area contributed by atoms with Crippen LogP contribution in [-0.2, 0) is 9.59 Å². The Balaban J connectivity index is 1.51. The van der Waals surface area contributed by atoms with Gasteiger partial charge in [0.05, 0.1) is 23.5 Å². The first kappa shape index (κ1) is 23.6. The van der Waals surface area contributed by atoms with Gasteiger partial charge in [0.15, 0.2) is 5.82 Å². The van der Waals surface area contributed by atoms with Gasteiger partial charge in [-0.2, -0.15) is 5.10 Å². The van der Waals surface area contributed by atoms with Crippen molar-refractivity contribution in [2.24, 2.45) is 5.92 Å². The van der Waals surface area contributed by atoms with Gasteiger partial charge in [0.25, 0.3) is 0 Å². The monoisotopic (exact) mass is 481 g/mol. The second-order valence-corrected chi connectivity index (χ2v) is 8.72. The van der Waals surface area contributed by atoms with E-state index >= 15 is 0 Å². The summed E-state index contributed by atoms with van der Waals surface area (Å²) in [4.78, 5) is 27.0. The van der Waals surface area contributed by atoms with Gasteiger partial charge in [-0.15, -0.1) is 0 Å². The molecule has 0 saturated carbocycles. The molecule has 1 aliphatic rings. The number of rotatable bonds is 6. The number of methoxy groups -OCH3 is 1. The molecule has 34 heavy (non-hydrogen) atoms. The van der Waals surface area contributed by atoms with Crippen molar-refractivity contribution in [2.75, 3.05) is 35.7 Å². The number of carbonyl (C=O) groups is 2. The van der Waals surface area contributed by atoms with Crippen LogP contribution in [0.4, 0.5) is 17.2 Å². The summed E-state index contributed by atoms with van der Waals surface area (Å²) in [5, 5.41) is 11.1. The molecular formula is C25H28ClN5O3. The van der Waals surface area contributed by atoms with E-state index in [0.717, 1.165) is 17.2 Å². The van der Waals surface area contributed by atoms with Gasteiger partial charge in [-0.05, 0) is 50.1 Å². The highest BCUT2D eigenvalue weighted by Crippen LogP contribution is 2.35. The number of nitrogens with one attached hydrogen (secondary N) is 2. The summed E-state index contributed by atoms with van der Waals surface area (Å²) in [6.07, 6.45) is 1.35. The van der Waals surface area contributed by atoms with Gasteiger partial charge >= 0.3 is 0 Å². The van der Waals surface area contributed by atoms with Gasteiger partial charge < -0.3 is 20.3 Å². The number of anilines is 3. The molecule has 0 atom stereocenters. The number of nitrogens with zero attached hydrogens (tertiary/aromatic N) is 3. The fraction of sp³-hybridized carbons (Fsp3) is 0.320. The molecule has 0 radical (unpaired) electrons. The number of halogens is 1. The first-order valence-electron chi connectivity index (χ1n) is 11.2. The third-order valence-electron chi connectivity index (χ3n) is 5.92. The van der Waals surface area contributed by atoms with Crippen LogP contribution in [0.3, 0.4) is 0 Å². The number of carbonyl (C=O) groups excluding carboxylic acids is 2. The van der Waals surface area contributed by atoms with E-state index in [-0.39, 0.29) is 17.7 Å². The summed E-state index contributed by atoms with van der Waals surface area (Å²) < 4.78 is 7.03. The minimum absolute atomic E-state index is 0.0317. The van der Waals surface area contributed by atoms with Crippen LogP contribution >= 0.6 is 11.6 Å². The predicted molar refractivity (Wildman–Crippen MR) is 134 cm³/mol. The zero-order chi connectivity index (χ0) is 24.2. The molecule has 1 saturated heterocycles. The number of hydrogen-bond acceptors (Lipinski definition) is 5. The number of aromatic nitrogens is 2. The van der Waals surface area contributed by atoms with Gasteiger partial charge in [-0.25, -0.2) is 4.68 Å². The van der Waals surface area contributed by atoms with Crippen molar-refractivity contribution >= 4 is 40.6 Å². The number of ether oxygens (including phenoxy) is 1. The lowest BCUT2D eigenvalue weighted by molar-refractivity contribution is -0.120. The minimum atomic E-state index is -0.149. The van der Waals surface area contributed by atoms with Crippen molar-refractivity contribution < 1.29 is 14.3 Å². The Kier molecular flexibility index (Phi) is 7.07. The van der Waals surface area contributed by atoms with Crippen LogP contribution in [0.2, 0.25) is 5.02 Å². The summed E-state index contributed by atoms with van der Waals surface area (Å²) in [6, 6.07) is 15.0. The van der Waals surface area contributed by atoms with Crippen LogP contribution in [0.15, 0.2) is 48.5 Å². The van der Waals surface area contributed by atoms with Crippen molar-refractivity contribution in [1.82, 2.24) is 9.78 Å². The molecule has 0 spiro atoms. The number of aryl methyl sites for hydroxylation is 1. The molecule has 3 aromatic rings. The molecule has 0 unspecified atom stereocenters. The highest BCUT2D eigenvalue weighted by molar-refractivity contribution is 6.32. The number of piperidine rings is 1. The molecule has 4 rings (SSSR count). The first-order chi connectivity index (χ1) is 16.4. The van der Waals surface area contributed by atoms with Crippen LogP contribution in [0.25, 0.3) is 5.69 Å². The maximum Gasteiger partial charge on any atom is 0.227 e. The van der Waals surface area contributed by atoms with Gasteiger partial charge in [0.2, 0.25) is 11.8 Å². The van der Waals surface area contributed by atoms with Crippen LogP contribution in [-0.4, -0.2) is 41.8 Å². The molecule has 178 valence electrons. The first-order valence-corrected chi connectivity index (χ1v) is 11.6. The quantitative estimate of drug-likeness (QED) is 0.534. The molecule has 9 heteroatoms. The highest BCUT2D eigenvalue weighted by atomic mass is 35.5. The molecule has 1 aromatic heterocycles. The molecule has 2 amide bonds. The molecule has 2 N–H and O–H groups in total. The average Bonchev–Trinajstić information content (AvgIpc) is 3.15. The third-order valence-corrected chi connectivity index (χ3v) is 6.22. The van der Waals surface area contributed by atoms with E-state index in [4.69, 9.17) is 21.4 Å². The minimum Gasteiger partial charge on any atom is -0.495 e. The fourth-order valence-corrected chi connectivity index (χ4v) is 4.48. The van der Waals surface area contributed by atoms with Crippen LogP contribution in [0, 0.1) is 12.8 Å². The summed E-state index contributed by atoms with van der Waals surface area (Å²) in [5.41, 5.74) is 3.00. The van der Waals surface area contributed by atoms with E-state index in [9.17, 15) is 9.59 Å². The maximum atomic E-state index is 12.9. The lowest BCUT2D eigenvalue weighted by atomic mass is 9.95. The molecule has 1 fully saturated rings. The Bertz CT molecular complexity index is 1190. The Morgan fingerprint density at radius 1 is 1.09 bits per heavy atom. The predicted octanol–water partition coefficient (Wildman–Crippen LogP) is 4.66. The van der Waals surface area contributed by atoms with Crippen LogP contribution in [0.1, 0.15) is 25.5 Å². The van der Waals surface area contributed by atoms with Gasteiger partial charge in [-0.1, -0.05) is 29.8 Å². The zero-order valence-electron chi connectivity index (χ0n) is 19.5. The molecular weight excluding hydrogens is 454 g/mol. The largest absolute Gasteiger partial charge is 0.495 e. The fourth-order valence-electron chi connectivity index (χ4n) is 4.22. The SMILES string of the molecule is COc1ccc(NC(=O)C2CCN(c3c(NC(C)=O)c(C)nn3-c3ccccc3)CC2)cc1Cl. The van der Waals surface area contributed by atoms with Crippen molar-refractivity contribution in [1.29, 1.82) is 0 Å². The number of hydrogen-bond donors (Lipinski definition) is 2. The summed E-state index contributed by atoms with van der Waals surface area (Å²) in [6.45, 7) is 4.69. The Hall–Kier alpha value is -3.52. The van der Waals surface area contributed by atoms with Crippen molar-refractivity contribution in [3.8, 4) is 11.4 Å². The molecule has 2 heterocycles. The van der Waals surface area contributed by atoms with E-state index in [2.05, 4.69) is 15.5 Å². The topological polar surface area (TPSA) is 88.5 Å². The molecule has 0 aliphatic carbocycles. The van der Waals surface area contributed by atoms with Gasteiger partial charge in [0.1, 0.15) is 11.4 Å². The van der Waals surface area contributed by atoms with Gasteiger partial charge in [-0.3, -0.25) is 9.59 Å². The second kappa shape index (κ2) is 10.2. The summed E-state index contributed by atoms with van der Waals surface area (Å²) in [5.74, 6) is 1.09. The maximum absolute atomic E-state index is 12.9. The zero-order valence-corrected chi connectivity index (χ0v) is 20.2. The molecule has 0 bridgehead atoms. The Morgan fingerprint density at radius 2 is 1.79 bits per heavy atom. The van der Waals surface area contributed by atoms with Crippen molar-refractivity contribution in [2.45, 2.75) is 26.7 Å². The van der Waals surface area contributed by atoms with Crippen LogP contribution < -0.4 is 20.3 Å². The standard InChI is InChI=1S/C25H28ClN5O3/c1-16-23(27-17(2)32)25(31(29-16)20-7-5-4-6-8-20)30-13-11-18(12-14-30)24(33)28-19-9-10-22(34-3)21(26)15-19/h4-10,15,18H,11-14H2,1-3H3,(H,27,32)(H,28,33). The van der Waals surface area contributed by atoms with E-state index in [1.165, 1.54) is 6.92 Å². The summed E-state index contributed by atoms with van der Waals surface area (Å²) in [7, 11) is 1.55. The highest BCUT2D eigenvalue weighted by Gasteiger charge is 2.30. The van der Waals surface area contributed by atoms with E-state index in [1.54, 1.807) is 25.3 Å². The Labute approximate surface area is 203 Å². The molecule has 8 nitrogen and oxygen atoms in total. The van der Waals surface area contributed by atoms with Crippen molar-refractivity contribution in [3.05, 3.63) is 59.2 Å². The Morgan fingerprint density at radius 3 is 2.41 bits per heavy atom. The smallest absolute Gasteiger partial charge is 0.227 e. The van der Waals surface area contributed by atoms with E-state index in [1.807, 2.05) is 41.9 Å². The van der Waals surface area contributed by atoms with Crippen LogP contribution in [0.5, 0.6) is 5.75 Å². The average molecular weight is 482 g/mol. The lowest BCUT2D eigenvalue weighted by Gasteiger charge is -2.33. The molecule has 2 aromatic carbocycles.